The van der Waals surface area contributed by atoms with Gasteiger partial charge in [0.15, 0.2) is 6.04 Å². The second kappa shape index (κ2) is 7.03. The van der Waals surface area contributed by atoms with Crippen LogP contribution in [0.25, 0.3) is 0 Å². The van der Waals surface area contributed by atoms with Gasteiger partial charge in [-0.3, -0.25) is 4.79 Å². The first-order chi connectivity index (χ1) is 8.15. The molecule has 2 N–H and O–H groups in total. The van der Waals surface area contributed by atoms with E-state index in [1.165, 1.54) is 11.3 Å². The van der Waals surface area contributed by atoms with Crippen LogP contribution in [0.15, 0.2) is 17.5 Å². The molecule has 1 amide bonds. The third kappa shape index (κ3) is 4.54. The van der Waals surface area contributed by atoms with Gasteiger partial charge < -0.3 is 15.2 Å². The van der Waals surface area contributed by atoms with Gasteiger partial charge >= 0.3 is 5.97 Å². The number of carbonyl (C=O) groups is 2. The molecule has 17 heavy (non-hydrogen) atoms. The van der Waals surface area contributed by atoms with Crippen LogP contribution < -0.4 is 5.32 Å². The van der Waals surface area contributed by atoms with Gasteiger partial charge in [-0.15, -0.1) is 11.3 Å². The van der Waals surface area contributed by atoms with Gasteiger partial charge in [0, 0.05) is 11.5 Å². The summed E-state index contributed by atoms with van der Waals surface area (Å²) in [5, 5.41) is 13.2. The minimum absolute atomic E-state index is 0.108. The average molecular weight is 257 g/mol. The van der Waals surface area contributed by atoms with Crippen LogP contribution >= 0.6 is 11.3 Å². The van der Waals surface area contributed by atoms with Crippen molar-refractivity contribution in [3.05, 3.63) is 22.4 Å². The molecule has 0 aliphatic carbocycles. The van der Waals surface area contributed by atoms with Gasteiger partial charge in [0.1, 0.15) is 6.61 Å². The summed E-state index contributed by atoms with van der Waals surface area (Å²) in [5.41, 5.74) is 0. The molecule has 94 valence electrons. The third-order valence-corrected chi connectivity index (χ3v) is 2.90. The van der Waals surface area contributed by atoms with Gasteiger partial charge in [-0.05, 0) is 17.9 Å². The molecular weight excluding hydrogens is 242 g/mol. The van der Waals surface area contributed by atoms with E-state index in [-0.39, 0.29) is 6.61 Å². The molecule has 1 heterocycles. The Morgan fingerprint density at radius 1 is 1.59 bits per heavy atom. The van der Waals surface area contributed by atoms with E-state index in [1.54, 1.807) is 17.5 Å². The minimum Gasteiger partial charge on any atom is -0.479 e. The number of carboxylic acids is 1. The monoisotopic (exact) mass is 257 g/mol. The molecule has 5 nitrogen and oxygen atoms in total. The van der Waals surface area contributed by atoms with Crippen LogP contribution in [0, 0.1) is 0 Å². The summed E-state index contributed by atoms with van der Waals surface area (Å²) in [5.74, 6) is -1.49. The second-order valence-electron chi connectivity index (χ2n) is 3.41. The topological polar surface area (TPSA) is 75.6 Å². The summed E-state index contributed by atoms with van der Waals surface area (Å²) < 4.78 is 5.04. The molecular formula is C11H15NO4S. The Kier molecular flexibility index (Phi) is 5.65. The molecule has 0 fully saturated rings. The molecule has 0 spiro atoms. The maximum atomic E-state index is 11.4. The van der Waals surface area contributed by atoms with E-state index in [0.717, 1.165) is 6.42 Å². The summed E-state index contributed by atoms with van der Waals surface area (Å²) in [6.45, 7) is 2.32. The Hall–Kier alpha value is -1.40. The van der Waals surface area contributed by atoms with Gasteiger partial charge in [-0.1, -0.05) is 13.0 Å². The lowest BCUT2D eigenvalue weighted by Gasteiger charge is -2.12. The van der Waals surface area contributed by atoms with Crippen LogP contribution in [0.1, 0.15) is 24.3 Å². The number of thiophene rings is 1. The van der Waals surface area contributed by atoms with E-state index in [0.29, 0.717) is 11.5 Å². The standard InChI is InChI=1S/C11H15NO4S/c1-2-5-16-7-9(13)12-10(11(14)15)8-4-3-6-17-8/h3-4,6,10H,2,5,7H2,1H3,(H,12,13)(H,14,15). The molecule has 1 unspecified atom stereocenters. The van der Waals surface area contributed by atoms with E-state index in [4.69, 9.17) is 9.84 Å². The molecule has 1 aromatic rings. The largest absolute Gasteiger partial charge is 0.479 e. The normalized spacial score (nSPS) is 12.1. The van der Waals surface area contributed by atoms with E-state index < -0.39 is 17.9 Å². The maximum absolute atomic E-state index is 11.4. The van der Waals surface area contributed by atoms with Crippen LogP contribution in [0.2, 0.25) is 0 Å². The summed E-state index contributed by atoms with van der Waals surface area (Å²) in [4.78, 5) is 23.0. The van der Waals surface area contributed by atoms with Crippen molar-refractivity contribution < 1.29 is 19.4 Å². The predicted molar refractivity (Wildman–Crippen MR) is 63.9 cm³/mol. The summed E-state index contributed by atoms with van der Waals surface area (Å²) in [6, 6.07) is 2.43. The summed E-state index contributed by atoms with van der Waals surface area (Å²) in [6.07, 6.45) is 0.820. The van der Waals surface area contributed by atoms with E-state index in [2.05, 4.69) is 5.32 Å². The fourth-order valence-electron chi connectivity index (χ4n) is 1.22. The molecule has 0 bridgehead atoms. The van der Waals surface area contributed by atoms with E-state index >= 15 is 0 Å². The number of carboxylic acid groups (broad SMARTS) is 1. The number of amides is 1. The van der Waals surface area contributed by atoms with Gasteiger partial charge in [-0.25, -0.2) is 4.79 Å². The molecule has 0 radical (unpaired) electrons. The van der Waals surface area contributed by atoms with Crippen molar-refractivity contribution in [2.45, 2.75) is 19.4 Å². The molecule has 1 aromatic heterocycles. The number of aliphatic carboxylic acids is 1. The Morgan fingerprint density at radius 3 is 2.88 bits per heavy atom. The number of hydrogen-bond donors (Lipinski definition) is 2. The number of rotatable bonds is 7. The Morgan fingerprint density at radius 2 is 2.35 bits per heavy atom. The van der Waals surface area contributed by atoms with Crippen molar-refractivity contribution in [1.82, 2.24) is 5.32 Å². The first-order valence-corrected chi connectivity index (χ1v) is 6.16. The highest BCUT2D eigenvalue weighted by molar-refractivity contribution is 7.10. The highest BCUT2D eigenvalue weighted by Crippen LogP contribution is 2.18. The smallest absolute Gasteiger partial charge is 0.331 e. The van der Waals surface area contributed by atoms with Crippen LogP contribution in [-0.2, 0) is 14.3 Å². The number of carbonyl (C=O) groups excluding carboxylic acids is 1. The van der Waals surface area contributed by atoms with Crippen molar-refractivity contribution in [3.63, 3.8) is 0 Å². The average Bonchev–Trinajstić information content (AvgIpc) is 2.79. The molecule has 6 heteroatoms. The molecule has 0 saturated carbocycles. The fraction of sp³-hybridized carbons (Fsp3) is 0.455. The lowest BCUT2D eigenvalue weighted by molar-refractivity contribution is -0.142. The second-order valence-corrected chi connectivity index (χ2v) is 4.39. The number of hydrogen-bond acceptors (Lipinski definition) is 4. The predicted octanol–water partition coefficient (Wildman–Crippen LogP) is 1.42. The molecule has 0 aliphatic heterocycles. The van der Waals surface area contributed by atoms with E-state index in [1.807, 2.05) is 6.92 Å². The molecule has 0 saturated heterocycles. The lowest BCUT2D eigenvalue weighted by Crippen LogP contribution is -2.35. The zero-order valence-corrected chi connectivity index (χ0v) is 10.3. The maximum Gasteiger partial charge on any atom is 0.331 e. The van der Waals surface area contributed by atoms with Crippen molar-refractivity contribution in [1.29, 1.82) is 0 Å². The van der Waals surface area contributed by atoms with Crippen molar-refractivity contribution >= 4 is 23.2 Å². The first kappa shape index (κ1) is 13.7. The quantitative estimate of drug-likeness (QED) is 0.724. The Bertz CT molecular complexity index is 364. The highest BCUT2D eigenvalue weighted by atomic mass is 32.1. The minimum atomic E-state index is -1.07. The third-order valence-electron chi connectivity index (χ3n) is 1.96. The van der Waals surface area contributed by atoms with Gasteiger partial charge in [-0.2, -0.15) is 0 Å². The lowest BCUT2D eigenvalue weighted by atomic mass is 10.2. The molecule has 1 rings (SSSR count). The first-order valence-electron chi connectivity index (χ1n) is 5.28. The molecule has 0 aliphatic rings. The molecule has 0 aromatic carbocycles. The molecule has 1 atom stereocenters. The Balaban J connectivity index is 2.51. The van der Waals surface area contributed by atoms with Crippen LogP contribution in [0.3, 0.4) is 0 Å². The van der Waals surface area contributed by atoms with Gasteiger partial charge in [0.25, 0.3) is 0 Å². The van der Waals surface area contributed by atoms with Crippen molar-refractivity contribution in [3.8, 4) is 0 Å². The zero-order valence-electron chi connectivity index (χ0n) is 9.51. The van der Waals surface area contributed by atoms with Crippen molar-refractivity contribution in [2.24, 2.45) is 0 Å². The highest BCUT2D eigenvalue weighted by Gasteiger charge is 2.22. The van der Waals surface area contributed by atoms with Gasteiger partial charge in [0.2, 0.25) is 5.91 Å². The summed E-state index contributed by atoms with van der Waals surface area (Å²) >= 11 is 1.29. The van der Waals surface area contributed by atoms with Crippen LogP contribution in [-0.4, -0.2) is 30.2 Å². The van der Waals surface area contributed by atoms with Crippen molar-refractivity contribution in [2.75, 3.05) is 13.2 Å². The fourth-order valence-corrected chi connectivity index (χ4v) is 1.99. The van der Waals surface area contributed by atoms with Crippen LogP contribution in [0.4, 0.5) is 0 Å². The van der Waals surface area contributed by atoms with Crippen LogP contribution in [0.5, 0.6) is 0 Å². The number of ether oxygens (including phenoxy) is 1. The van der Waals surface area contributed by atoms with Gasteiger partial charge in [0.05, 0.1) is 0 Å². The Labute approximate surface area is 103 Å². The zero-order chi connectivity index (χ0) is 12.7. The SMILES string of the molecule is CCCOCC(=O)NC(C(=O)O)c1cccs1. The number of nitrogens with one attached hydrogen (secondary N) is 1. The van der Waals surface area contributed by atoms with E-state index in [9.17, 15) is 9.59 Å². The summed E-state index contributed by atoms with van der Waals surface area (Å²) in [7, 11) is 0.